The number of aliphatic hydroxyl groups excluding tert-OH is 2. The number of carbonyl (C=O) groups excluding carboxylic acids is 1. The first kappa shape index (κ1) is 17.5. The molecule has 0 saturated carbocycles. The van der Waals surface area contributed by atoms with Gasteiger partial charge in [-0.15, -0.1) is 0 Å². The molecule has 0 aliphatic rings. The number of ether oxygens (including phenoxy) is 1. The van der Waals surface area contributed by atoms with Gasteiger partial charge in [-0.25, -0.2) is 0 Å². The molecule has 2 unspecified atom stereocenters. The van der Waals surface area contributed by atoms with Crippen LogP contribution >= 0.6 is 11.8 Å². The van der Waals surface area contributed by atoms with E-state index < -0.39 is 18.2 Å². The van der Waals surface area contributed by atoms with Crippen LogP contribution in [0.5, 0.6) is 5.75 Å². The van der Waals surface area contributed by atoms with Crippen LogP contribution in [0.4, 0.5) is 0 Å². The summed E-state index contributed by atoms with van der Waals surface area (Å²) in [6, 6.07) is 4.61. The number of carbonyl (C=O) groups is 2. The Morgan fingerprint density at radius 1 is 1.33 bits per heavy atom. The van der Waals surface area contributed by atoms with E-state index in [0.29, 0.717) is 16.9 Å². The Labute approximate surface area is 126 Å². The molecule has 0 aliphatic carbocycles. The van der Waals surface area contributed by atoms with E-state index in [9.17, 15) is 19.8 Å². The smallest absolute Gasteiger partial charge is 0.307 e. The quantitative estimate of drug-likeness (QED) is 0.689. The topological polar surface area (TPSA) is 104 Å². The minimum Gasteiger partial charge on any atom is -0.496 e. The predicted octanol–water partition coefficient (Wildman–Crippen LogP) is 0.996. The zero-order chi connectivity index (χ0) is 16.0. The predicted molar refractivity (Wildman–Crippen MR) is 78.4 cm³/mol. The zero-order valence-corrected chi connectivity index (χ0v) is 12.6. The molecule has 2 atom stereocenters. The highest BCUT2D eigenvalue weighted by atomic mass is 32.2. The number of aliphatic hydroxyl groups is 2. The highest BCUT2D eigenvalue weighted by Crippen LogP contribution is 2.29. The number of thioether (sulfide) groups is 1. The second-order valence-corrected chi connectivity index (χ2v) is 5.66. The summed E-state index contributed by atoms with van der Waals surface area (Å²) < 4.78 is 5.11. The third-order valence-corrected chi connectivity index (χ3v) is 3.70. The number of hydrogen-bond acceptors (Lipinski definition) is 6. The first-order chi connectivity index (χ1) is 9.85. The van der Waals surface area contributed by atoms with E-state index in [1.807, 2.05) is 0 Å². The van der Waals surface area contributed by atoms with Crippen LogP contribution in [0.25, 0.3) is 0 Å². The van der Waals surface area contributed by atoms with Crippen LogP contribution in [0.15, 0.2) is 18.2 Å². The molecule has 3 N–H and O–H groups in total. The summed E-state index contributed by atoms with van der Waals surface area (Å²) >= 11 is 0.907. The van der Waals surface area contributed by atoms with E-state index in [4.69, 9.17) is 9.84 Å². The summed E-state index contributed by atoms with van der Waals surface area (Å²) in [6.45, 7) is 1.37. The van der Waals surface area contributed by atoms with Crippen molar-refractivity contribution in [2.45, 2.75) is 25.6 Å². The molecule has 0 heterocycles. The standard InChI is InChI=1S/C14H18O6S/c1-8(15)21-7-11(16)14(19)10-5-9(6-13(17)18)3-4-12(10)20-2/h3-5,11,14,16,19H,6-7H2,1-2H3,(H,17,18). The minimum absolute atomic E-state index is 0.0445. The van der Waals surface area contributed by atoms with Crippen molar-refractivity contribution >= 4 is 22.8 Å². The molecule has 0 aliphatic heterocycles. The van der Waals surface area contributed by atoms with Crippen LogP contribution < -0.4 is 4.74 Å². The fourth-order valence-electron chi connectivity index (χ4n) is 1.80. The maximum Gasteiger partial charge on any atom is 0.307 e. The number of hydrogen-bond donors (Lipinski definition) is 3. The molecule has 0 saturated heterocycles. The monoisotopic (exact) mass is 314 g/mol. The van der Waals surface area contributed by atoms with Crippen LogP contribution in [0.1, 0.15) is 24.2 Å². The molecule has 0 spiro atoms. The van der Waals surface area contributed by atoms with Gasteiger partial charge in [0.15, 0.2) is 5.12 Å². The van der Waals surface area contributed by atoms with Crippen molar-refractivity contribution in [3.63, 3.8) is 0 Å². The van der Waals surface area contributed by atoms with Gasteiger partial charge in [0.1, 0.15) is 11.9 Å². The Bertz CT molecular complexity index is 516. The lowest BCUT2D eigenvalue weighted by molar-refractivity contribution is -0.136. The summed E-state index contributed by atoms with van der Waals surface area (Å²) in [7, 11) is 1.42. The van der Waals surface area contributed by atoms with Gasteiger partial charge < -0.3 is 20.1 Å². The van der Waals surface area contributed by atoms with Crippen molar-refractivity contribution in [1.29, 1.82) is 0 Å². The number of methoxy groups -OCH3 is 1. The first-order valence-electron chi connectivity index (χ1n) is 6.23. The summed E-state index contributed by atoms with van der Waals surface area (Å²) in [5.41, 5.74) is 0.789. The minimum atomic E-state index is -1.26. The van der Waals surface area contributed by atoms with Crippen LogP contribution in [-0.2, 0) is 16.0 Å². The van der Waals surface area contributed by atoms with Crippen LogP contribution in [0, 0.1) is 0 Å². The third kappa shape index (κ3) is 5.37. The van der Waals surface area contributed by atoms with E-state index in [1.54, 1.807) is 12.1 Å². The second kappa shape index (κ2) is 8.02. The molecule has 6 nitrogen and oxygen atoms in total. The average Bonchev–Trinajstić information content (AvgIpc) is 2.43. The summed E-state index contributed by atoms with van der Waals surface area (Å²) in [6.07, 6.45) is -2.62. The lowest BCUT2D eigenvalue weighted by Gasteiger charge is -2.20. The maximum absolute atomic E-state index is 10.9. The Morgan fingerprint density at radius 2 is 2.00 bits per heavy atom. The lowest BCUT2D eigenvalue weighted by atomic mass is 10.00. The van der Waals surface area contributed by atoms with Crippen molar-refractivity contribution in [2.24, 2.45) is 0 Å². The number of carboxylic acid groups (broad SMARTS) is 1. The van der Waals surface area contributed by atoms with Crippen molar-refractivity contribution < 1.29 is 29.6 Å². The van der Waals surface area contributed by atoms with Crippen molar-refractivity contribution in [3.05, 3.63) is 29.3 Å². The summed E-state index contributed by atoms with van der Waals surface area (Å²) in [5.74, 6) is -0.597. The SMILES string of the molecule is COc1ccc(CC(=O)O)cc1C(O)C(O)CSC(C)=O. The van der Waals surface area contributed by atoms with Gasteiger partial charge in [0.25, 0.3) is 0 Å². The average molecular weight is 314 g/mol. The van der Waals surface area contributed by atoms with Crippen molar-refractivity contribution in [3.8, 4) is 5.75 Å². The molecule has 1 aromatic rings. The normalized spacial score (nSPS) is 13.5. The van der Waals surface area contributed by atoms with Gasteiger partial charge >= 0.3 is 5.97 Å². The molecule has 1 aromatic carbocycles. The van der Waals surface area contributed by atoms with Crippen LogP contribution in [-0.4, -0.2) is 45.4 Å². The molecule has 0 fully saturated rings. The van der Waals surface area contributed by atoms with E-state index in [1.165, 1.54) is 20.1 Å². The van der Waals surface area contributed by atoms with Gasteiger partial charge in [-0.3, -0.25) is 9.59 Å². The van der Waals surface area contributed by atoms with Crippen molar-refractivity contribution in [1.82, 2.24) is 0 Å². The largest absolute Gasteiger partial charge is 0.496 e. The highest BCUT2D eigenvalue weighted by Gasteiger charge is 2.23. The Hall–Kier alpha value is -1.57. The number of benzene rings is 1. The van der Waals surface area contributed by atoms with E-state index in [0.717, 1.165) is 11.8 Å². The third-order valence-electron chi connectivity index (χ3n) is 2.79. The zero-order valence-electron chi connectivity index (χ0n) is 11.8. The van der Waals surface area contributed by atoms with Crippen LogP contribution in [0.2, 0.25) is 0 Å². The molecule has 0 amide bonds. The van der Waals surface area contributed by atoms with Gasteiger partial charge in [-0.1, -0.05) is 17.8 Å². The summed E-state index contributed by atoms with van der Waals surface area (Å²) in [5, 5.41) is 28.7. The second-order valence-electron chi connectivity index (χ2n) is 4.46. The maximum atomic E-state index is 10.9. The Balaban J connectivity index is 2.96. The fourth-order valence-corrected chi connectivity index (χ4v) is 2.39. The van der Waals surface area contributed by atoms with Gasteiger partial charge in [-0.2, -0.15) is 0 Å². The van der Waals surface area contributed by atoms with E-state index >= 15 is 0 Å². The van der Waals surface area contributed by atoms with Gasteiger partial charge in [-0.05, 0) is 17.7 Å². The molecule has 21 heavy (non-hydrogen) atoms. The molecular formula is C14H18O6S. The highest BCUT2D eigenvalue weighted by molar-refractivity contribution is 8.13. The van der Waals surface area contributed by atoms with E-state index in [-0.39, 0.29) is 17.3 Å². The van der Waals surface area contributed by atoms with Crippen molar-refractivity contribution in [2.75, 3.05) is 12.9 Å². The lowest BCUT2D eigenvalue weighted by Crippen LogP contribution is -2.22. The molecule has 1 rings (SSSR count). The number of carboxylic acids is 1. The molecule has 7 heteroatoms. The van der Waals surface area contributed by atoms with Gasteiger partial charge in [0.2, 0.25) is 0 Å². The number of rotatable bonds is 7. The van der Waals surface area contributed by atoms with Gasteiger partial charge in [0.05, 0.1) is 19.6 Å². The van der Waals surface area contributed by atoms with E-state index in [2.05, 4.69) is 0 Å². The number of aliphatic carboxylic acids is 1. The van der Waals surface area contributed by atoms with Gasteiger partial charge in [0, 0.05) is 18.2 Å². The summed E-state index contributed by atoms with van der Waals surface area (Å²) in [4.78, 5) is 21.6. The first-order valence-corrected chi connectivity index (χ1v) is 7.21. The molecular weight excluding hydrogens is 296 g/mol. The molecule has 0 bridgehead atoms. The Morgan fingerprint density at radius 3 is 2.52 bits per heavy atom. The molecule has 0 aromatic heterocycles. The fraction of sp³-hybridized carbons (Fsp3) is 0.429. The van der Waals surface area contributed by atoms with Crippen LogP contribution in [0.3, 0.4) is 0 Å². The Kier molecular flexibility index (Phi) is 6.67. The molecule has 0 radical (unpaired) electrons. The molecule has 116 valence electrons.